The van der Waals surface area contributed by atoms with Gasteiger partial charge in [0, 0.05) is 18.7 Å². The fourth-order valence-electron chi connectivity index (χ4n) is 2.72. The smallest absolute Gasteiger partial charge is 0.117 e. The second kappa shape index (κ2) is 4.49. The third kappa shape index (κ3) is 1.95. The molecule has 1 saturated heterocycles. The summed E-state index contributed by atoms with van der Waals surface area (Å²) in [6.45, 7) is 4.36. The number of nitrogens with zero attached hydrogens (tertiary/aromatic N) is 2. The fraction of sp³-hybridized carbons (Fsp3) is 0.500. The van der Waals surface area contributed by atoms with Crippen molar-refractivity contribution in [1.82, 2.24) is 14.7 Å². The van der Waals surface area contributed by atoms with E-state index in [2.05, 4.69) is 40.0 Å². The zero-order valence-corrected chi connectivity index (χ0v) is 10.3. The maximum Gasteiger partial charge on any atom is 0.117 e. The van der Waals surface area contributed by atoms with E-state index in [4.69, 9.17) is 0 Å². The first-order valence-corrected chi connectivity index (χ1v) is 6.49. The quantitative estimate of drug-likeness (QED) is 0.814. The summed E-state index contributed by atoms with van der Waals surface area (Å²) in [5.74, 6) is 1.78. The number of fused-ring (bicyclic) bond motifs is 1. The lowest BCUT2D eigenvalue weighted by Crippen LogP contribution is -2.20. The minimum atomic E-state index is 0.557. The van der Waals surface area contributed by atoms with E-state index in [1.807, 2.05) is 6.20 Å². The Morgan fingerprint density at radius 1 is 1.41 bits per heavy atom. The molecule has 1 atom stereocenters. The molecule has 1 aliphatic heterocycles. The molecule has 1 N–H and O–H groups in total. The van der Waals surface area contributed by atoms with Gasteiger partial charge in [0.1, 0.15) is 5.82 Å². The first kappa shape index (κ1) is 10.8. The van der Waals surface area contributed by atoms with Gasteiger partial charge in [0.25, 0.3) is 0 Å². The van der Waals surface area contributed by atoms with Crippen molar-refractivity contribution in [2.45, 2.75) is 32.1 Å². The number of pyridine rings is 1. The van der Waals surface area contributed by atoms with Crippen LogP contribution in [0.2, 0.25) is 0 Å². The number of imidazole rings is 1. The highest BCUT2D eigenvalue weighted by Gasteiger charge is 2.18. The van der Waals surface area contributed by atoms with Crippen molar-refractivity contribution in [3.05, 3.63) is 35.9 Å². The molecule has 17 heavy (non-hydrogen) atoms. The molecular weight excluding hydrogens is 210 g/mol. The Labute approximate surface area is 102 Å². The molecule has 0 aliphatic carbocycles. The summed E-state index contributed by atoms with van der Waals surface area (Å²) < 4.78 is 2.26. The van der Waals surface area contributed by atoms with Crippen molar-refractivity contribution in [3.63, 3.8) is 0 Å². The molecule has 3 heteroatoms. The average molecular weight is 229 g/mol. The first-order chi connectivity index (χ1) is 8.36. The molecule has 0 spiro atoms. The predicted molar refractivity (Wildman–Crippen MR) is 69.4 cm³/mol. The van der Waals surface area contributed by atoms with Gasteiger partial charge in [-0.3, -0.25) is 0 Å². The molecule has 0 saturated carbocycles. The second-order valence-corrected chi connectivity index (χ2v) is 4.96. The Morgan fingerprint density at radius 2 is 2.35 bits per heavy atom. The molecule has 1 fully saturated rings. The van der Waals surface area contributed by atoms with Crippen LogP contribution in [-0.2, 0) is 0 Å². The summed E-state index contributed by atoms with van der Waals surface area (Å²) in [5.41, 5.74) is 2.54. The molecule has 3 heterocycles. The Balaban J connectivity index is 2.02. The predicted octanol–water partition coefficient (Wildman–Crippen LogP) is 2.50. The summed E-state index contributed by atoms with van der Waals surface area (Å²) >= 11 is 0. The van der Waals surface area contributed by atoms with Crippen LogP contribution in [0.4, 0.5) is 0 Å². The lowest BCUT2D eigenvalue weighted by molar-refractivity contribution is 0.576. The van der Waals surface area contributed by atoms with Crippen LogP contribution in [0.3, 0.4) is 0 Å². The maximum atomic E-state index is 4.64. The van der Waals surface area contributed by atoms with Gasteiger partial charge in [0.15, 0.2) is 0 Å². The summed E-state index contributed by atoms with van der Waals surface area (Å²) in [7, 11) is 0. The highest BCUT2D eigenvalue weighted by molar-refractivity contribution is 5.53. The molecule has 0 radical (unpaired) electrons. The fourth-order valence-corrected chi connectivity index (χ4v) is 2.72. The van der Waals surface area contributed by atoms with E-state index in [1.54, 1.807) is 0 Å². The number of aryl methyl sites for hydroxylation is 1. The Morgan fingerprint density at radius 3 is 3.29 bits per heavy atom. The maximum absolute atomic E-state index is 4.64. The van der Waals surface area contributed by atoms with Gasteiger partial charge < -0.3 is 9.72 Å². The van der Waals surface area contributed by atoms with Gasteiger partial charge >= 0.3 is 0 Å². The van der Waals surface area contributed by atoms with Crippen LogP contribution < -0.4 is 5.32 Å². The van der Waals surface area contributed by atoms with Crippen LogP contribution in [0, 0.1) is 6.92 Å². The van der Waals surface area contributed by atoms with Gasteiger partial charge in [-0.15, -0.1) is 0 Å². The van der Waals surface area contributed by atoms with Crippen molar-refractivity contribution in [3.8, 4) is 0 Å². The summed E-state index contributed by atoms with van der Waals surface area (Å²) in [6.07, 6.45) is 7.99. The van der Waals surface area contributed by atoms with Gasteiger partial charge in [-0.05, 0) is 37.9 Å². The van der Waals surface area contributed by atoms with Crippen molar-refractivity contribution >= 4 is 5.52 Å². The third-order valence-electron chi connectivity index (χ3n) is 3.72. The van der Waals surface area contributed by atoms with Crippen LogP contribution in [-0.4, -0.2) is 22.5 Å². The normalized spacial score (nSPS) is 21.6. The van der Waals surface area contributed by atoms with Crippen molar-refractivity contribution in [1.29, 1.82) is 0 Å². The van der Waals surface area contributed by atoms with Crippen LogP contribution in [0.1, 0.15) is 36.6 Å². The Bertz CT molecular complexity index is 507. The monoisotopic (exact) mass is 229 g/mol. The lowest BCUT2D eigenvalue weighted by Gasteiger charge is -2.13. The standard InChI is InChI=1S/C14H19N3/c1-11-5-4-8-17-13(11)10-16-14(17)12-6-2-3-7-15-9-12/h4-5,8,10,12,15H,2-3,6-7,9H2,1H3. The zero-order chi connectivity index (χ0) is 11.7. The van der Waals surface area contributed by atoms with Crippen molar-refractivity contribution < 1.29 is 0 Å². The van der Waals surface area contributed by atoms with Gasteiger partial charge in [-0.25, -0.2) is 4.98 Å². The topological polar surface area (TPSA) is 29.3 Å². The van der Waals surface area contributed by atoms with Gasteiger partial charge in [-0.1, -0.05) is 12.5 Å². The number of hydrogen-bond acceptors (Lipinski definition) is 2. The highest BCUT2D eigenvalue weighted by atomic mass is 15.0. The van der Waals surface area contributed by atoms with E-state index in [-0.39, 0.29) is 0 Å². The molecule has 1 unspecified atom stereocenters. The average Bonchev–Trinajstić information content (AvgIpc) is 2.59. The van der Waals surface area contributed by atoms with E-state index in [0.717, 1.165) is 13.1 Å². The molecule has 90 valence electrons. The van der Waals surface area contributed by atoms with Gasteiger partial charge in [0.2, 0.25) is 0 Å². The Hall–Kier alpha value is -1.35. The van der Waals surface area contributed by atoms with Gasteiger partial charge in [-0.2, -0.15) is 0 Å². The first-order valence-electron chi connectivity index (χ1n) is 6.49. The summed E-state index contributed by atoms with van der Waals surface area (Å²) in [5, 5.41) is 3.51. The van der Waals surface area contributed by atoms with E-state index < -0.39 is 0 Å². The number of nitrogens with one attached hydrogen (secondary N) is 1. The molecule has 3 rings (SSSR count). The summed E-state index contributed by atoms with van der Waals surface area (Å²) in [4.78, 5) is 4.64. The van der Waals surface area contributed by atoms with Crippen molar-refractivity contribution in [2.75, 3.05) is 13.1 Å². The number of rotatable bonds is 1. The van der Waals surface area contributed by atoms with Crippen LogP contribution in [0.25, 0.3) is 5.52 Å². The molecule has 2 aromatic heterocycles. The van der Waals surface area contributed by atoms with Gasteiger partial charge in [0.05, 0.1) is 11.7 Å². The number of aromatic nitrogens is 2. The minimum absolute atomic E-state index is 0.557. The molecule has 0 bridgehead atoms. The molecule has 0 amide bonds. The molecule has 3 nitrogen and oxygen atoms in total. The van der Waals surface area contributed by atoms with E-state index >= 15 is 0 Å². The lowest BCUT2D eigenvalue weighted by atomic mass is 10.0. The Kier molecular flexibility index (Phi) is 2.85. The molecule has 2 aromatic rings. The highest BCUT2D eigenvalue weighted by Crippen LogP contribution is 2.24. The van der Waals surface area contributed by atoms with Crippen LogP contribution in [0.5, 0.6) is 0 Å². The van der Waals surface area contributed by atoms with Crippen molar-refractivity contribution in [2.24, 2.45) is 0 Å². The zero-order valence-electron chi connectivity index (χ0n) is 10.3. The molecular formula is C14H19N3. The number of hydrogen-bond donors (Lipinski definition) is 1. The largest absolute Gasteiger partial charge is 0.316 e. The van der Waals surface area contributed by atoms with E-state index in [0.29, 0.717) is 5.92 Å². The van der Waals surface area contributed by atoms with Crippen LogP contribution >= 0.6 is 0 Å². The third-order valence-corrected chi connectivity index (χ3v) is 3.72. The minimum Gasteiger partial charge on any atom is -0.316 e. The van der Waals surface area contributed by atoms with E-state index in [1.165, 1.54) is 36.2 Å². The van der Waals surface area contributed by atoms with E-state index in [9.17, 15) is 0 Å². The molecule has 0 aromatic carbocycles. The second-order valence-electron chi connectivity index (χ2n) is 4.96. The SMILES string of the molecule is Cc1cccn2c(C3CCCCNC3)ncc12. The summed E-state index contributed by atoms with van der Waals surface area (Å²) in [6, 6.07) is 4.25. The molecule has 1 aliphatic rings. The van der Waals surface area contributed by atoms with Crippen LogP contribution in [0.15, 0.2) is 24.5 Å².